The molecule has 9 heteroatoms. The molecule has 0 aliphatic heterocycles. The summed E-state index contributed by atoms with van der Waals surface area (Å²) < 4.78 is 58.1. The predicted octanol–water partition coefficient (Wildman–Crippen LogP) is 6.97. The number of hydrogen-bond acceptors (Lipinski definition) is 5. The highest BCUT2D eigenvalue weighted by Gasteiger charge is 2.28. The van der Waals surface area contributed by atoms with E-state index in [0.717, 1.165) is 3.97 Å². The van der Waals surface area contributed by atoms with E-state index in [1.165, 1.54) is 16.1 Å². The van der Waals surface area contributed by atoms with Crippen molar-refractivity contribution < 1.29 is 21.6 Å². The van der Waals surface area contributed by atoms with Crippen LogP contribution in [0.1, 0.15) is 16.1 Å². The minimum atomic E-state index is -4.13. The molecule has 216 valence electrons. The van der Waals surface area contributed by atoms with Crippen molar-refractivity contribution in [3.05, 3.63) is 157 Å². The van der Waals surface area contributed by atoms with Gasteiger partial charge in [-0.05, 0) is 60.2 Å². The topological polar surface area (TPSA) is 95.2 Å². The number of aromatic nitrogens is 2. The maximum atomic E-state index is 14.2. The smallest absolute Gasteiger partial charge is 0.268 e. The molecule has 0 aliphatic rings. The Bertz CT molecular complexity index is 2430. The molecule has 0 fully saturated rings. The van der Waals surface area contributed by atoms with Crippen molar-refractivity contribution in [3.8, 4) is 11.3 Å². The average Bonchev–Trinajstić information content (AvgIpc) is 3.66. The number of para-hydroxylation sites is 2. The minimum absolute atomic E-state index is 0.0235. The Kier molecular flexibility index (Phi) is 6.57. The van der Waals surface area contributed by atoms with Crippen molar-refractivity contribution in [1.29, 1.82) is 0 Å². The van der Waals surface area contributed by atoms with Gasteiger partial charge in [-0.1, -0.05) is 91.0 Å². The number of nitrogens with zero attached hydrogens (tertiary/aromatic N) is 2. The molecule has 0 bridgehead atoms. The largest absolute Gasteiger partial charge is 0.287 e. The van der Waals surface area contributed by atoms with Crippen molar-refractivity contribution >= 4 is 47.6 Å². The lowest BCUT2D eigenvalue weighted by Gasteiger charge is -2.14. The summed E-state index contributed by atoms with van der Waals surface area (Å²) in [5.74, 6) is -0.517. The monoisotopic (exact) mass is 616 g/mol. The first kappa shape index (κ1) is 27.6. The van der Waals surface area contributed by atoms with E-state index in [0.29, 0.717) is 33.1 Å². The van der Waals surface area contributed by atoms with Gasteiger partial charge in [0.15, 0.2) is 0 Å². The number of hydrogen-bond donors (Lipinski definition) is 0. The maximum Gasteiger partial charge on any atom is 0.268 e. The van der Waals surface area contributed by atoms with Gasteiger partial charge in [0.2, 0.25) is 5.78 Å². The normalized spacial score (nSPS) is 12.1. The Morgan fingerprint density at radius 2 is 0.977 bits per heavy atom. The van der Waals surface area contributed by atoms with Crippen molar-refractivity contribution in [1.82, 2.24) is 7.94 Å². The van der Waals surface area contributed by atoms with E-state index in [-0.39, 0.29) is 21.0 Å². The molecule has 2 aromatic heterocycles. The molecule has 0 spiro atoms. The van der Waals surface area contributed by atoms with Gasteiger partial charge in [0, 0.05) is 16.3 Å². The fourth-order valence-electron chi connectivity index (χ4n) is 5.50. The van der Waals surface area contributed by atoms with E-state index in [9.17, 15) is 21.6 Å². The zero-order chi connectivity index (χ0) is 30.5. The van der Waals surface area contributed by atoms with Crippen LogP contribution in [-0.4, -0.2) is 30.6 Å². The van der Waals surface area contributed by atoms with Crippen molar-refractivity contribution in [2.24, 2.45) is 0 Å². The molecule has 7 aromatic rings. The molecule has 0 aliphatic carbocycles. The third kappa shape index (κ3) is 4.45. The first-order valence-corrected chi connectivity index (χ1v) is 16.6. The third-order valence-electron chi connectivity index (χ3n) is 7.55. The highest BCUT2D eigenvalue weighted by atomic mass is 32.2. The van der Waals surface area contributed by atoms with E-state index >= 15 is 0 Å². The molecule has 0 amide bonds. The van der Waals surface area contributed by atoms with Crippen molar-refractivity contribution in [2.75, 3.05) is 0 Å². The second-order valence-electron chi connectivity index (χ2n) is 10.3. The van der Waals surface area contributed by atoms with Crippen LogP contribution < -0.4 is 0 Å². The molecular formula is C35H24N2O5S2. The average molecular weight is 617 g/mol. The van der Waals surface area contributed by atoms with Gasteiger partial charge in [-0.2, -0.15) is 0 Å². The number of carbonyl (C=O) groups excluding carboxylic acids is 1. The Hall–Kier alpha value is -5.25. The van der Waals surface area contributed by atoms with Gasteiger partial charge < -0.3 is 0 Å². The van der Waals surface area contributed by atoms with Crippen molar-refractivity contribution in [2.45, 2.75) is 9.79 Å². The van der Waals surface area contributed by atoms with Crippen LogP contribution in [0, 0.1) is 0 Å². The van der Waals surface area contributed by atoms with Crippen LogP contribution in [0.5, 0.6) is 0 Å². The Labute approximate surface area is 254 Å². The molecule has 0 atom stereocenters. The summed E-state index contributed by atoms with van der Waals surface area (Å²) in [5, 5.41) is 1.31. The minimum Gasteiger partial charge on any atom is -0.287 e. The summed E-state index contributed by atoms with van der Waals surface area (Å²) in [7, 11) is -8.14. The summed E-state index contributed by atoms with van der Waals surface area (Å²) >= 11 is 0. The molecule has 7 nitrogen and oxygen atoms in total. The molecule has 0 unspecified atom stereocenters. The maximum absolute atomic E-state index is 14.2. The van der Waals surface area contributed by atoms with Gasteiger partial charge in [-0.15, -0.1) is 0 Å². The second kappa shape index (κ2) is 10.5. The van der Waals surface area contributed by atoms with Crippen molar-refractivity contribution in [3.63, 3.8) is 0 Å². The Morgan fingerprint density at radius 3 is 1.59 bits per heavy atom. The SMILES string of the molecule is O=C(c1cccc(-c2cc3ccccc3n2S(=O)(=O)c2ccccc2)c1)c1cc2ccccc2n1S(=O)(=O)c1ccccc1. The van der Waals surface area contributed by atoms with E-state index in [4.69, 9.17) is 0 Å². The van der Waals surface area contributed by atoms with Gasteiger partial charge >= 0.3 is 0 Å². The van der Waals surface area contributed by atoms with Crippen LogP contribution in [0.15, 0.2) is 155 Å². The van der Waals surface area contributed by atoms with E-state index in [2.05, 4.69) is 0 Å². The summed E-state index contributed by atoms with van der Waals surface area (Å²) in [6, 6.07) is 40.2. The summed E-state index contributed by atoms with van der Waals surface area (Å²) in [6.45, 7) is 0. The highest BCUT2D eigenvalue weighted by Crippen LogP contribution is 2.34. The number of fused-ring (bicyclic) bond motifs is 2. The lowest BCUT2D eigenvalue weighted by molar-refractivity contribution is 0.103. The zero-order valence-corrected chi connectivity index (χ0v) is 24.7. The molecule has 7 rings (SSSR count). The van der Waals surface area contributed by atoms with E-state index < -0.39 is 25.8 Å². The Balaban J connectivity index is 1.41. The summed E-state index contributed by atoms with van der Waals surface area (Å²) in [5.41, 5.74) is 1.93. The first-order valence-electron chi connectivity index (χ1n) is 13.7. The van der Waals surface area contributed by atoms with Crippen LogP contribution in [-0.2, 0) is 20.0 Å². The van der Waals surface area contributed by atoms with E-state index in [1.54, 1.807) is 121 Å². The molecule has 0 saturated carbocycles. The summed E-state index contributed by atoms with van der Waals surface area (Å²) in [4.78, 5) is 14.3. The van der Waals surface area contributed by atoms with Crippen LogP contribution in [0.3, 0.4) is 0 Å². The quantitative estimate of drug-likeness (QED) is 0.180. The van der Waals surface area contributed by atoms with Gasteiger partial charge in [0.05, 0.1) is 26.5 Å². The van der Waals surface area contributed by atoms with Crippen LogP contribution in [0.4, 0.5) is 0 Å². The summed E-state index contributed by atoms with van der Waals surface area (Å²) in [6.07, 6.45) is 0. The molecule has 0 N–H and O–H groups in total. The molecule has 2 heterocycles. The second-order valence-corrected chi connectivity index (χ2v) is 13.8. The number of benzene rings is 5. The molecular weight excluding hydrogens is 593 g/mol. The molecule has 44 heavy (non-hydrogen) atoms. The molecule has 5 aromatic carbocycles. The third-order valence-corrected chi connectivity index (χ3v) is 11.0. The fraction of sp³-hybridized carbons (Fsp3) is 0. The standard InChI is InChI=1S/C35H24N2O5S2/c38-35(34-24-27-13-8-10-21-32(27)37(34)44(41,42)30-18-5-2-6-19-30)28-15-11-14-25(22-28)33-23-26-12-7-9-20-31(26)36(33)43(39,40)29-16-3-1-4-17-29/h1-24H. The fourth-order valence-corrected chi connectivity index (χ4v) is 8.59. The predicted molar refractivity (Wildman–Crippen MR) is 171 cm³/mol. The van der Waals surface area contributed by atoms with E-state index in [1.807, 2.05) is 12.1 Å². The number of carbonyl (C=O) groups is 1. The van der Waals surface area contributed by atoms with Gasteiger partial charge in [-0.3, -0.25) is 4.79 Å². The number of ketones is 1. The van der Waals surface area contributed by atoms with Crippen LogP contribution >= 0.6 is 0 Å². The van der Waals surface area contributed by atoms with Gasteiger partial charge in [-0.25, -0.2) is 24.8 Å². The molecule has 0 radical (unpaired) electrons. The zero-order valence-electron chi connectivity index (χ0n) is 23.1. The molecule has 0 saturated heterocycles. The first-order chi connectivity index (χ1) is 21.3. The van der Waals surface area contributed by atoms with Crippen LogP contribution in [0.25, 0.3) is 33.1 Å². The lowest BCUT2D eigenvalue weighted by Crippen LogP contribution is -2.19. The van der Waals surface area contributed by atoms with Gasteiger partial charge in [0.25, 0.3) is 20.0 Å². The highest BCUT2D eigenvalue weighted by molar-refractivity contribution is 7.90. The van der Waals surface area contributed by atoms with Crippen LogP contribution in [0.2, 0.25) is 0 Å². The Morgan fingerprint density at radius 1 is 0.477 bits per heavy atom. The van der Waals surface area contributed by atoms with Gasteiger partial charge in [0.1, 0.15) is 5.69 Å². The lowest BCUT2D eigenvalue weighted by atomic mass is 10.0. The number of rotatable bonds is 7.